The van der Waals surface area contributed by atoms with Gasteiger partial charge in [-0.05, 0) is 45.4 Å². The highest BCUT2D eigenvalue weighted by Crippen LogP contribution is 2.33. The van der Waals surface area contributed by atoms with Crippen LogP contribution in [0.25, 0.3) is 0 Å². The minimum absolute atomic E-state index is 0.0329. The van der Waals surface area contributed by atoms with Crippen molar-refractivity contribution in [2.45, 2.75) is 70.2 Å². The molecule has 25 heavy (non-hydrogen) atoms. The maximum atomic E-state index is 13.7. The Morgan fingerprint density at radius 2 is 1.80 bits per heavy atom. The Balaban J connectivity index is 1.55. The van der Waals surface area contributed by atoms with Gasteiger partial charge >= 0.3 is 5.97 Å². The van der Waals surface area contributed by atoms with Gasteiger partial charge < -0.3 is 9.47 Å². The summed E-state index contributed by atoms with van der Waals surface area (Å²) in [4.78, 5) is 15.8. The van der Waals surface area contributed by atoms with Crippen LogP contribution in [0.1, 0.15) is 51.9 Å². The van der Waals surface area contributed by atoms with Gasteiger partial charge in [0.05, 0.1) is 25.2 Å². The highest BCUT2D eigenvalue weighted by molar-refractivity contribution is 5.72. The lowest BCUT2D eigenvalue weighted by Gasteiger charge is -2.38. The molecule has 7 heteroatoms. The molecule has 3 rings (SSSR count). The molecule has 144 valence electrons. The standard InChI is InChI=1S/C18H30F2N2O3/c1-2-24-16(23)14-5-7-15(8-6-14)25-17(21-10-3-4-11-21)22-12-9-18(19,20)13-22/h14-15,17H,2-13H2,1H3. The molecule has 2 aliphatic heterocycles. The summed E-state index contributed by atoms with van der Waals surface area (Å²) in [7, 11) is 0. The molecule has 1 saturated carbocycles. The van der Waals surface area contributed by atoms with E-state index in [1.807, 2.05) is 6.92 Å². The first-order valence-electron chi connectivity index (χ1n) is 9.66. The second kappa shape index (κ2) is 8.27. The van der Waals surface area contributed by atoms with Gasteiger partial charge in [0, 0.05) is 26.1 Å². The highest BCUT2D eigenvalue weighted by atomic mass is 19.3. The average Bonchev–Trinajstić information content (AvgIpc) is 3.23. The predicted octanol–water partition coefficient (Wildman–Crippen LogP) is 2.85. The second-order valence-electron chi connectivity index (χ2n) is 7.51. The SMILES string of the molecule is CCOC(=O)C1CCC(OC(N2CCCC2)N2CCC(F)(F)C2)CC1. The molecule has 0 spiro atoms. The van der Waals surface area contributed by atoms with Crippen molar-refractivity contribution in [3.05, 3.63) is 0 Å². The van der Waals surface area contributed by atoms with E-state index in [2.05, 4.69) is 4.90 Å². The van der Waals surface area contributed by atoms with Crippen molar-refractivity contribution in [3.63, 3.8) is 0 Å². The molecule has 0 aromatic carbocycles. The smallest absolute Gasteiger partial charge is 0.308 e. The molecule has 0 amide bonds. The third kappa shape index (κ3) is 4.89. The molecule has 1 aliphatic carbocycles. The van der Waals surface area contributed by atoms with Crippen molar-refractivity contribution in [2.24, 2.45) is 5.92 Å². The summed E-state index contributed by atoms with van der Waals surface area (Å²) in [5.41, 5.74) is 0. The number of rotatable bonds is 6. The van der Waals surface area contributed by atoms with Crippen LogP contribution in [-0.2, 0) is 14.3 Å². The topological polar surface area (TPSA) is 42.0 Å². The van der Waals surface area contributed by atoms with Crippen LogP contribution in [-0.4, -0.2) is 66.9 Å². The second-order valence-corrected chi connectivity index (χ2v) is 7.51. The predicted molar refractivity (Wildman–Crippen MR) is 89.2 cm³/mol. The van der Waals surface area contributed by atoms with Gasteiger partial charge in [-0.3, -0.25) is 14.6 Å². The first kappa shape index (κ1) is 19.0. The summed E-state index contributed by atoms with van der Waals surface area (Å²) in [6.45, 7) is 4.21. The number of halogens is 2. The van der Waals surface area contributed by atoms with E-state index in [0.29, 0.717) is 13.2 Å². The van der Waals surface area contributed by atoms with Crippen LogP contribution in [0.15, 0.2) is 0 Å². The van der Waals surface area contributed by atoms with Gasteiger partial charge in [0.1, 0.15) is 0 Å². The Morgan fingerprint density at radius 3 is 2.36 bits per heavy atom. The number of likely N-dealkylation sites (tertiary alicyclic amines) is 2. The molecule has 0 N–H and O–H groups in total. The average molecular weight is 360 g/mol. The van der Waals surface area contributed by atoms with E-state index in [1.165, 1.54) is 0 Å². The Hall–Kier alpha value is -0.790. The Labute approximate surface area is 148 Å². The molecule has 5 nitrogen and oxygen atoms in total. The number of hydrogen-bond donors (Lipinski definition) is 0. The minimum Gasteiger partial charge on any atom is -0.466 e. The number of hydrogen-bond acceptors (Lipinski definition) is 5. The fourth-order valence-electron chi connectivity index (χ4n) is 4.18. The fraction of sp³-hybridized carbons (Fsp3) is 0.944. The zero-order valence-electron chi connectivity index (χ0n) is 15.1. The quantitative estimate of drug-likeness (QED) is 0.682. The first-order valence-corrected chi connectivity index (χ1v) is 9.66. The van der Waals surface area contributed by atoms with Crippen molar-refractivity contribution in [1.29, 1.82) is 0 Å². The first-order chi connectivity index (χ1) is 12.0. The monoisotopic (exact) mass is 360 g/mol. The van der Waals surface area contributed by atoms with Gasteiger partial charge in [0.2, 0.25) is 0 Å². The van der Waals surface area contributed by atoms with Crippen LogP contribution >= 0.6 is 0 Å². The number of alkyl halides is 2. The molecule has 1 atom stereocenters. The number of carbonyl (C=O) groups is 1. The zero-order valence-corrected chi connectivity index (χ0v) is 15.1. The van der Waals surface area contributed by atoms with E-state index in [4.69, 9.17) is 9.47 Å². The third-order valence-electron chi connectivity index (χ3n) is 5.57. The zero-order chi connectivity index (χ0) is 17.9. The number of carbonyl (C=O) groups excluding carboxylic acids is 1. The van der Waals surface area contributed by atoms with Crippen molar-refractivity contribution in [3.8, 4) is 0 Å². The van der Waals surface area contributed by atoms with E-state index in [0.717, 1.165) is 51.6 Å². The Bertz CT molecular complexity index is 450. The van der Waals surface area contributed by atoms with Crippen molar-refractivity contribution >= 4 is 5.97 Å². The van der Waals surface area contributed by atoms with Crippen LogP contribution < -0.4 is 0 Å². The molecule has 3 aliphatic rings. The van der Waals surface area contributed by atoms with Gasteiger partial charge in [-0.15, -0.1) is 0 Å². The van der Waals surface area contributed by atoms with E-state index >= 15 is 0 Å². The maximum Gasteiger partial charge on any atom is 0.308 e. The molecular formula is C18H30F2N2O3. The Morgan fingerprint density at radius 1 is 1.12 bits per heavy atom. The summed E-state index contributed by atoms with van der Waals surface area (Å²) >= 11 is 0. The van der Waals surface area contributed by atoms with E-state index in [9.17, 15) is 13.6 Å². The summed E-state index contributed by atoms with van der Waals surface area (Å²) < 4.78 is 38.7. The van der Waals surface area contributed by atoms with Gasteiger partial charge in [0.25, 0.3) is 5.92 Å². The molecular weight excluding hydrogens is 330 g/mol. The molecule has 0 aromatic rings. The van der Waals surface area contributed by atoms with Crippen molar-refractivity contribution in [1.82, 2.24) is 9.80 Å². The lowest BCUT2D eigenvalue weighted by Crippen LogP contribution is -2.50. The largest absolute Gasteiger partial charge is 0.466 e. The maximum absolute atomic E-state index is 13.7. The molecule has 0 aromatic heterocycles. The van der Waals surface area contributed by atoms with Gasteiger partial charge in [-0.2, -0.15) is 0 Å². The number of esters is 1. The molecule has 1 unspecified atom stereocenters. The van der Waals surface area contributed by atoms with Crippen LogP contribution in [0.5, 0.6) is 0 Å². The fourth-order valence-corrected chi connectivity index (χ4v) is 4.18. The molecule has 0 radical (unpaired) electrons. The summed E-state index contributed by atoms with van der Waals surface area (Å²) in [6, 6.07) is 0. The van der Waals surface area contributed by atoms with Gasteiger partial charge in [0.15, 0.2) is 6.35 Å². The summed E-state index contributed by atoms with van der Waals surface area (Å²) in [5.74, 6) is -2.76. The van der Waals surface area contributed by atoms with Crippen LogP contribution in [0.4, 0.5) is 8.78 Å². The van der Waals surface area contributed by atoms with E-state index in [1.54, 1.807) is 4.90 Å². The Kier molecular flexibility index (Phi) is 6.28. The van der Waals surface area contributed by atoms with Gasteiger partial charge in [-0.1, -0.05) is 0 Å². The molecule has 2 saturated heterocycles. The summed E-state index contributed by atoms with van der Waals surface area (Å²) in [6.07, 6.45) is 4.88. The molecule has 0 bridgehead atoms. The van der Waals surface area contributed by atoms with E-state index < -0.39 is 5.92 Å². The number of ether oxygens (including phenoxy) is 2. The lowest BCUT2D eigenvalue weighted by atomic mass is 9.87. The van der Waals surface area contributed by atoms with Crippen LogP contribution in [0.3, 0.4) is 0 Å². The summed E-state index contributed by atoms with van der Waals surface area (Å²) in [5, 5.41) is 0. The van der Waals surface area contributed by atoms with Crippen LogP contribution in [0, 0.1) is 5.92 Å². The van der Waals surface area contributed by atoms with Crippen molar-refractivity contribution in [2.75, 3.05) is 32.8 Å². The third-order valence-corrected chi connectivity index (χ3v) is 5.57. The normalized spacial score (nSPS) is 32.0. The minimum atomic E-state index is -2.61. The number of nitrogens with zero attached hydrogens (tertiary/aromatic N) is 2. The lowest BCUT2D eigenvalue weighted by molar-refractivity contribution is -0.184. The highest BCUT2D eigenvalue weighted by Gasteiger charge is 2.44. The van der Waals surface area contributed by atoms with Crippen molar-refractivity contribution < 1.29 is 23.0 Å². The molecule has 3 fully saturated rings. The van der Waals surface area contributed by atoms with Gasteiger partial charge in [-0.25, -0.2) is 8.78 Å². The molecule has 2 heterocycles. The van der Waals surface area contributed by atoms with Crippen LogP contribution in [0.2, 0.25) is 0 Å². The van der Waals surface area contributed by atoms with E-state index in [-0.39, 0.29) is 37.3 Å².